The van der Waals surface area contributed by atoms with Crippen molar-refractivity contribution < 1.29 is 8.83 Å². The second-order valence-electron chi connectivity index (χ2n) is 14.2. The molecule has 5 heterocycles. The van der Waals surface area contributed by atoms with Crippen LogP contribution in [0.4, 0.5) is 0 Å². The number of pyridine rings is 1. The minimum atomic E-state index is 0.540. The van der Waals surface area contributed by atoms with E-state index in [4.69, 9.17) is 23.8 Å². The molecule has 0 radical (unpaired) electrons. The van der Waals surface area contributed by atoms with E-state index in [1.165, 1.54) is 20.2 Å². The van der Waals surface area contributed by atoms with Crippen molar-refractivity contribution in [1.29, 1.82) is 0 Å². The highest BCUT2D eigenvalue weighted by Gasteiger charge is 2.22. The standard InChI is InChI=1S/C50H28N4O2S/c1-2-14-37(32(11-1)31-10-9-25-51-28-31)49-52-48(30-19-21-35-34-12-3-6-16-41(34)55-43(35)27-30)53-50(54-49)39-23-22-33(47-46(39)38-15-4-7-17-42(38)56-47)29-20-24-45-40(26-29)36-13-5-8-18-44(36)57-45/h1-28H. The molecule has 57 heavy (non-hydrogen) atoms. The summed E-state index contributed by atoms with van der Waals surface area (Å²) in [6, 6.07) is 54.2. The molecule has 5 aromatic heterocycles. The molecule has 0 atom stereocenters. The Balaban J connectivity index is 1.11. The monoisotopic (exact) mass is 748 g/mol. The van der Waals surface area contributed by atoms with Crippen molar-refractivity contribution in [3.05, 3.63) is 170 Å². The predicted molar refractivity (Wildman–Crippen MR) is 232 cm³/mol. The molecule has 12 rings (SSSR count). The first kappa shape index (κ1) is 31.8. The van der Waals surface area contributed by atoms with Gasteiger partial charge >= 0.3 is 0 Å². The lowest BCUT2D eigenvalue weighted by atomic mass is 9.96. The van der Waals surface area contributed by atoms with Crippen molar-refractivity contribution >= 4 is 75.4 Å². The van der Waals surface area contributed by atoms with Gasteiger partial charge < -0.3 is 8.83 Å². The van der Waals surface area contributed by atoms with Crippen molar-refractivity contribution in [3.8, 4) is 56.4 Å². The van der Waals surface area contributed by atoms with Gasteiger partial charge in [-0.1, -0.05) is 97.1 Å². The molecule has 12 aromatic rings. The Labute approximate surface area is 329 Å². The molecule has 0 N–H and O–H groups in total. The van der Waals surface area contributed by atoms with Gasteiger partial charge in [-0.15, -0.1) is 11.3 Å². The summed E-state index contributed by atoms with van der Waals surface area (Å²) >= 11 is 1.82. The molecule has 6 nitrogen and oxygen atoms in total. The third-order valence-electron chi connectivity index (χ3n) is 10.9. The highest BCUT2D eigenvalue weighted by molar-refractivity contribution is 7.25. The number of para-hydroxylation sites is 2. The summed E-state index contributed by atoms with van der Waals surface area (Å²) in [6.45, 7) is 0. The fourth-order valence-corrected chi connectivity index (χ4v) is 9.28. The SMILES string of the molecule is c1cncc(-c2ccccc2-c2nc(-c3ccc4c(c3)oc3ccccc34)nc(-c3ccc(-c4ccc5sc6ccccc6c5c4)c4oc5ccccc5c34)n2)c1. The van der Waals surface area contributed by atoms with Gasteiger partial charge in [0.25, 0.3) is 0 Å². The predicted octanol–water partition coefficient (Wildman–Crippen LogP) is 13.8. The first-order valence-corrected chi connectivity index (χ1v) is 19.6. The topological polar surface area (TPSA) is 77.8 Å². The molecule has 0 aliphatic rings. The summed E-state index contributed by atoms with van der Waals surface area (Å²) < 4.78 is 15.6. The molecule has 0 aliphatic carbocycles. The lowest BCUT2D eigenvalue weighted by Crippen LogP contribution is -2.01. The Hall–Kier alpha value is -7.48. The van der Waals surface area contributed by atoms with Crippen LogP contribution in [0.25, 0.3) is 120 Å². The van der Waals surface area contributed by atoms with E-state index in [9.17, 15) is 0 Å². The Bertz CT molecular complexity index is 3550. The summed E-state index contributed by atoms with van der Waals surface area (Å²) in [6.07, 6.45) is 3.65. The van der Waals surface area contributed by atoms with Gasteiger partial charge in [-0.3, -0.25) is 4.98 Å². The van der Waals surface area contributed by atoms with E-state index in [0.717, 1.165) is 82.8 Å². The van der Waals surface area contributed by atoms with Crippen LogP contribution in [0.3, 0.4) is 0 Å². The largest absolute Gasteiger partial charge is 0.456 e. The van der Waals surface area contributed by atoms with Crippen molar-refractivity contribution in [2.24, 2.45) is 0 Å². The van der Waals surface area contributed by atoms with Gasteiger partial charge in [0.05, 0.1) is 0 Å². The zero-order valence-electron chi connectivity index (χ0n) is 30.2. The van der Waals surface area contributed by atoms with Crippen LogP contribution in [-0.2, 0) is 0 Å². The van der Waals surface area contributed by atoms with Crippen molar-refractivity contribution in [2.45, 2.75) is 0 Å². The summed E-state index contributed by atoms with van der Waals surface area (Å²) in [7, 11) is 0. The van der Waals surface area contributed by atoms with Gasteiger partial charge in [-0.05, 0) is 71.8 Å². The summed E-state index contributed by atoms with van der Waals surface area (Å²) in [5, 5.41) is 6.56. The van der Waals surface area contributed by atoms with Gasteiger partial charge in [-0.2, -0.15) is 0 Å². The number of thiophene rings is 1. The van der Waals surface area contributed by atoms with Crippen molar-refractivity contribution in [1.82, 2.24) is 19.9 Å². The normalized spacial score (nSPS) is 11.9. The second kappa shape index (κ2) is 12.5. The van der Waals surface area contributed by atoms with Crippen LogP contribution >= 0.6 is 11.3 Å². The van der Waals surface area contributed by atoms with Gasteiger partial charge in [0.15, 0.2) is 17.5 Å². The number of hydrogen-bond donors (Lipinski definition) is 0. The molecule has 266 valence electrons. The summed E-state index contributed by atoms with van der Waals surface area (Å²) in [4.78, 5) is 20.1. The quantitative estimate of drug-likeness (QED) is 0.174. The zero-order chi connectivity index (χ0) is 37.5. The second-order valence-corrected chi connectivity index (χ2v) is 15.3. The van der Waals surface area contributed by atoms with Crippen LogP contribution in [0.1, 0.15) is 0 Å². The Morgan fingerprint density at radius 3 is 1.91 bits per heavy atom. The van der Waals surface area contributed by atoms with Crippen LogP contribution in [0.15, 0.2) is 179 Å². The maximum absolute atomic E-state index is 6.78. The van der Waals surface area contributed by atoms with Crippen LogP contribution in [0.2, 0.25) is 0 Å². The van der Waals surface area contributed by atoms with Crippen LogP contribution in [0, 0.1) is 0 Å². The first-order chi connectivity index (χ1) is 28.2. The molecule has 0 bridgehead atoms. The maximum Gasteiger partial charge on any atom is 0.164 e. The molecule has 0 amide bonds. The van der Waals surface area contributed by atoms with Gasteiger partial charge in [0.2, 0.25) is 0 Å². The first-order valence-electron chi connectivity index (χ1n) is 18.8. The molecular weight excluding hydrogens is 721 g/mol. The zero-order valence-corrected chi connectivity index (χ0v) is 31.0. The molecule has 0 fully saturated rings. The molecule has 0 unspecified atom stereocenters. The number of fused-ring (bicyclic) bond motifs is 9. The average Bonchev–Trinajstić information content (AvgIpc) is 3.97. The minimum absolute atomic E-state index is 0.540. The number of furan rings is 2. The molecule has 0 aliphatic heterocycles. The number of nitrogens with zero attached hydrogens (tertiary/aromatic N) is 4. The molecule has 0 saturated heterocycles. The molecule has 7 heteroatoms. The Kier molecular flexibility index (Phi) is 7.00. The van der Waals surface area contributed by atoms with E-state index in [0.29, 0.717) is 17.5 Å². The lowest BCUT2D eigenvalue weighted by molar-refractivity contribution is 0.669. The lowest BCUT2D eigenvalue weighted by Gasteiger charge is -2.13. The number of aromatic nitrogens is 4. The molecule has 7 aromatic carbocycles. The summed E-state index contributed by atoms with van der Waals surface area (Å²) in [5.41, 5.74) is 9.81. The highest BCUT2D eigenvalue weighted by Crippen LogP contribution is 2.44. The van der Waals surface area contributed by atoms with Crippen LogP contribution in [-0.4, -0.2) is 19.9 Å². The smallest absolute Gasteiger partial charge is 0.164 e. The Morgan fingerprint density at radius 2 is 1.05 bits per heavy atom. The van der Waals surface area contributed by atoms with Crippen LogP contribution < -0.4 is 0 Å². The molecule has 0 saturated carbocycles. The average molecular weight is 749 g/mol. The van der Waals surface area contributed by atoms with E-state index in [1.54, 1.807) is 6.20 Å². The maximum atomic E-state index is 6.78. The number of rotatable bonds is 5. The third-order valence-corrected chi connectivity index (χ3v) is 12.0. The van der Waals surface area contributed by atoms with Gasteiger partial charge in [0.1, 0.15) is 22.3 Å². The fraction of sp³-hybridized carbons (Fsp3) is 0. The van der Waals surface area contributed by atoms with E-state index in [-0.39, 0.29) is 0 Å². The van der Waals surface area contributed by atoms with E-state index < -0.39 is 0 Å². The Morgan fingerprint density at radius 1 is 0.386 bits per heavy atom. The summed E-state index contributed by atoms with van der Waals surface area (Å²) in [5.74, 6) is 1.64. The fourth-order valence-electron chi connectivity index (χ4n) is 8.20. The van der Waals surface area contributed by atoms with Crippen LogP contribution in [0.5, 0.6) is 0 Å². The van der Waals surface area contributed by atoms with Gasteiger partial charge in [-0.25, -0.2) is 15.0 Å². The minimum Gasteiger partial charge on any atom is -0.456 e. The van der Waals surface area contributed by atoms with Crippen molar-refractivity contribution in [2.75, 3.05) is 0 Å². The third kappa shape index (κ3) is 5.10. The molecular formula is C50H28N4O2S. The van der Waals surface area contributed by atoms with Crippen molar-refractivity contribution in [3.63, 3.8) is 0 Å². The molecule has 0 spiro atoms. The van der Waals surface area contributed by atoms with E-state index in [2.05, 4.69) is 102 Å². The number of benzene rings is 7. The van der Waals surface area contributed by atoms with E-state index in [1.807, 2.05) is 78.2 Å². The number of hydrogen-bond acceptors (Lipinski definition) is 7. The highest BCUT2D eigenvalue weighted by atomic mass is 32.1. The van der Waals surface area contributed by atoms with E-state index >= 15 is 0 Å². The van der Waals surface area contributed by atoms with Gasteiger partial charge in [0, 0.05) is 81.9 Å².